The van der Waals surface area contributed by atoms with Crippen molar-refractivity contribution in [2.75, 3.05) is 11.5 Å². The first-order valence-electron chi connectivity index (χ1n) is 9.22. The number of fused-ring (bicyclic) bond motifs is 1. The van der Waals surface area contributed by atoms with Gasteiger partial charge < -0.3 is 15.2 Å². The lowest BCUT2D eigenvalue weighted by atomic mass is 10.1. The molecule has 0 aliphatic carbocycles. The first-order valence-corrected chi connectivity index (χ1v) is 11.0. The number of nitrogens with zero attached hydrogens (tertiary/aromatic N) is 2. The van der Waals surface area contributed by atoms with Crippen LogP contribution in [0.3, 0.4) is 0 Å². The van der Waals surface area contributed by atoms with Gasteiger partial charge in [-0.1, -0.05) is 6.92 Å². The Morgan fingerprint density at radius 3 is 2.73 bits per heavy atom. The highest BCUT2D eigenvalue weighted by atomic mass is 32.2. The third kappa shape index (κ3) is 3.92. The summed E-state index contributed by atoms with van der Waals surface area (Å²) in [4.78, 5) is 29.6. The van der Waals surface area contributed by atoms with E-state index >= 15 is 0 Å². The van der Waals surface area contributed by atoms with Gasteiger partial charge in [0.25, 0.3) is 11.8 Å². The van der Waals surface area contributed by atoms with Crippen LogP contribution in [0.25, 0.3) is 0 Å². The van der Waals surface area contributed by atoms with Gasteiger partial charge >= 0.3 is 0 Å². The van der Waals surface area contributed by atoms with Gasteiger partial charge in [0.2, 0.25) is 0 Å². The Hall–Kier alpha value is -1.90. The molecule has 2 atom stereocenters. The van der Waals surface area contributed by atoms with Crippen molar-refractivity contribution in [2.45, 2.75) is 64.6 Å². The Labute approximate surface area is 153 Å². The summed E-state index contributed by atoms with van der Waals surface area (Å²) in [6.07, 6.45) is 3.82. The maximum atomic E-state index is 12.7. The number of imidazole rings is 1. The second-order valence-corrected chi connectivity index (χ2v) is 9.42. The zero-order valence-electron chi connectivity index (χ0n) is 15.2. The van der Waals surface area contributed by atoms with Crippen LogP contribution in [0.1, 0.15) is 66.3 Å². The van der Waals surface area contributed by atoms with Crippen molar-refractivity contribution in [3.8, 4) is 0 Å². The van der Waals surface area contributed by atoms with Crippen LogP contribution in [-0.2, 0) is 22.8 Å². The predicted octanol–water partition coefficient (Wildman–Crippen LogP) is 0.665. The van der Waals surface area contributed by atoms with E-state index in [2.05, 4.69) is 15.6 Å². The van der Waals surface area contributed by atoms with E-state index in [0.717, 1.165) is 25.0 Å². The van der Waals surface area contributed by atoms with Crippen molar-refractivity contribution in [1.29, 1.82) is 0 Å². The van der Waals surface area contributed by atoms with Gasteiger partial charge in [-0.2, -0.15) is 0 Å². The van der Waals surface area contributed by atoms with Crippen molar-refractivity contribution in [2.24, 2.45) is 0 Å². The highest BCUT2D eigenvalue weighted by molar-refractivity contribution is 7.91. The van der Waals surface area contributed by atoms with Crippen LogP contribution in [0.4, 0.5) is 0 Å². The molecule has 2 N–H and O–H groups in total. The molecule has 2 unspecified atom stereocenters. The zero-order valence-corrected chi connectivity index (χ0v) is 16.1. The number of rotatable bonds is 5. The predicted molar refractivity (Wildman–Crippen MR) is 96.9 cm³/mol. The van der Waals surface area contributed by atoms with Crippen molar-refractivity contribution < 1.29 is 18.0 Å². The monoisotopic (exact) mass is 382 g/mol. The first kappa shape index (κ1) is 18.9. The fourth-order valence-corrected chi connectivity index (χ4v) is 5.12. The summed E-state index contributed by atoms with van der Waals surface area (Å²) in [6.45, 7) is 4.56. The van der Waals surface area contributed by atoms with E-state index in [9.17, 15) is 18.0 Å². The lowest BCUT2D eigenvalue weighted by Crippen LogP contribution is -2.37. The molecule has 9 heteroatoms. The second-order valence-electron chi connectivity index (χ2n) is 7.20. The third-order valence-corrected chi connectivity index (χ3v) is 6.86. The fourth-order valence-electron chi connectivity index (χ4n) is 3.45. The summed E-state index contributed by atoms with van der Waals surface area (Å²) in [5.41, 5.74) is 1.11. The molecule has 2 aliphatic heterocycles. The molecule has 1 aromatic rings. The topological polar surface area (TPSA) is 110 Å². The molecule has 3 rings (SSSR count). The molecule has 1 aromatic heterocycles. The summed E-state index contributed by atoms with van der Waals surface area (Å²) in [7, 11) is -3.07. The van der Waals surface area contributed by atoms with Crippen molar-refractivity contribution in [3.05, 3.63) is 17.2 Å². The minimum absolute atomic E-state index is 0.0319. The quantitative estimate of drug-likeness (QED) is 0.777. The number of amides is 2. The van der Waals surface area contributed by atoms with Crippen LogP contribution < -0.4 is 10.6 Å². The fraction of sp³-hybridized carbons (Fsp3) is 0.706. The maximum Gasteiger partial charge on any atom is 0.287 e. The molecular formula is C17H26N4O4S. The van der Waals surface area contributed by atoms with Gasteiger partial charge in [-0.25, -0.2) is 13.4 Å². The van der Waals surface area contributed by atoms with Gasteiger partial charge in [0.05, 0.1) is 17.2 Å². The number of hydrogen-bond acceptors (Lipinski definition) is 5. The van der Waals surface area contributed by atoms with Crippen LogP contribution in [-0.4, -0.2) is 53.4 Å². The van der Waals surface area contributed by atoms with Crippen LogP contribution in [0.2, 0.25) is 0 Å². The maximum absolute atomic E-state index is 12.7. The van der Waals surface area contributed by atoms with E-state index in [-0.39, 0.29) is 35.3 Å². The summed E-state index contributed by atoms with van der Waals surface area (Å²) < 4.78 is 25.0. The molecule has 0 spiro atoms. The van der Waals surface area contributed by atoms with Crippen LogP contribution in [0, 0.1) is 0 Å². The van der Waals surface area contributed by atoms with E-state index in [0.29, 0.717) is 25.1 Å². The lowest BCUT2D eigenvalue weighted by molar-refractivity contribution is 0.0925. The number of sulfone groups is 1. The third-order valence-electron chi connectivity index (χ3n) is 5.09. The van der Waals surface area contributed by atoms with E-state index < -0.39 is 15.7 Å². The molecule has 1 saturated heterocycles. The molecule has 0 radical (unpaired) electrons. The van der Waals surface area contributed by atoms with Crippen molar-refractivity contribution in [3.63, 3.8) is 0 Å². The van der Waals surface area contributed by atoms with Crippen LogP contribution >= 0.6 is 0 Å². The minimum atomic E-state index is -3.07. The van der Waals surface area contributed by atoms with E-state index in [4.69, 9.17) is 0 Å². The normalized spacial score (nSPS) is 22.5. The Bertz CT molecular complexity index is 815. The molecule has 2 aliphatic rings. The SMILES string of the molecule is CCC(C)NC(=O)c1nc(C(=O)NC2CCS(=O)(=O)C2)n2c1CCCC2. The van der Waals surface area contributed by atoms with E-state index in [1.807, 2.05) is 18.4 Å². The molecule has 2 amide bonds. The number of carbonyl (C=O) groups is 2. The van der Waals surface area contributed by atoms with Gasteiger partial charge in [0.15, 0.2) is 15.7 Å². The molecule has 0 aromatic carbocycles. The first-order chi connectivity index (χ1) is 12.3. The Morgan fingerprint density at radius 1 is 1.31 bits per heavy atom. The van der Waals surface area contributed by atoms with Crippen LogP contribution in [0.15, 0.2) is 0 Å². The molecular weight excluding hydrogens is 356 g/mol. The lowest BCUT2D eigenvalue weighted by Gasteiger charge is -2.18. The number of carbonyl (C=O) groups excluding carboxylic acids is 2. The molecule has 0 saturated carbocycles. The van der Waals surface area contributed by atoms with Crippen molar-refractivity contribution in [1.82, 2.24) is 20.2 Å². The average Bonchev–Trinajstić information content (AvgIpc) is 3.14. The van der Waals surface area contributed by atoms with Gasteiger partial charge in [-0.05, 0) is 39.0 Å². The molecule has 0 bridgehead atoms. The number of hydrogen-bond donors (Lipinski definition) is 2. The van der Waals surface area contributed by atoms with Crippen LogP contribution in [0.5, 0.6) is 0 Å². The Kier molecular flexibility index (Phi) is 5.36. The largest absolute Gasteiger partial charge is 0.348 e. The zero-order chi connectivity index (χ0) is 18.9. The Balaban J connectivity index is 1.83. The minimum Gasteiger partial charge on any atom is -0.348 e. The molecule has 3 heterocycles. The molecule has 26 heavy (non-hydrogen) atoms. The molecule has 144 valence electrons. The summed E-state index contributed by atoms with van der Waals surface area (Å²) in [5, 5.41) is 5.68. The van der Waals surface area contributed by atoms with Gasteiger partial charge in [-0.15, -0.1) is 0 Å². The standard InChI is InChI=1S/C17H26N4O4S/c1-3-11(2)18-16(22)14-13-6-4-5-8-21(13)15(20-14)17(23)19-12-7-9-26(24,25)10-12/h11-12H,3-10H2,1-2H3,(H,18,22)(H,19,23). The molecule has 8 nitrogen and oxygen atoms in total. The summed E-state index contributed by atoms with van der Waals surface area (Å²) >= 11 is 0. The van der Waals surface area contributed by atoms with Crippen molar-refractivity contribution >= 4 is 21.7 Å². The van der Waals surface area contributed by atoms with Gasteiger partial charge in [0, 0.05) is 18.6 Å². The number of aromatic nitrogens is 2. The smallest absolute Gasteiger partial charge is 0.287 e. The van der Waals surface area contributed by atoms with E-state index in [1.54, 1.807) is 0 Å². The summed E-state index contributed by atoms with van der Waals surface area (Å²) in [6, 6.07) is -0.356. The average molecular weight is 382 g/mol. The van der Waals surface area contributed by atoms with Gasteiger partial charge in [0.1, 0.15) is 5.69 Å². The summed E-state index contributed by atoms with van der Waals surface area (Å²) in [5.74, 6) is -0.392. The van der Waals surface area contributed by atoms with Gasteiger partial charge in [-0.3, -0.25) is 9.59 Å². The second kappa shape index (κ2) is 7.38. The number of nitrogens with one attached hydrogen (secondary N) is 2. The highest BCUT2D eigenvalue weighted by Crippen LogP contribution is 2.22. The molecule has 1 fully saturated rings. The van der Waals surface area contributed by atoms with E-state index in [1.165, 1.54) is 0 Å². The Morgan fingerprint density at radius 2 is 2.08 bits per heavy atom. The highest BCUT2D eigenvalue weighted by Gasteiger charge is 2.32.